The molecule has 1 N–H and O–H groups in total. The molecule has 4 heteroatoms. The van der Waals surface area contributed by atoms with Crippen LogP contribution in [0.5, 0.6) is 11.5 Å². The minimum atomic E-state index is 0.328. The Kier molecular flexibility index (Phi) is 4.84. The summed E-state index contributed by atoms with van der Waals surface area (Å²) in [7, 11) is 0. The third kappa shape index (κ3) is 3.62. The Morgan fingerprint density at radius 3 is 2.78 bits per heavy atom. The van der Waals surface area contributed by atoms with Crippen molar-refractivity contribution in [1.29, 1.82) is 0 Å². The number of morpholine rings is 1. The first-order valence-corrected chi connectivity index (χ1v) is 6.54. The summed E-state index contributed by atoms with van der Waals surface area (Å²) in [5.74, 6) is 1.05. The van der Waals surface area contributed by atoms with Crippen LogP contribution in [0.4, 0.5) is 0 Å². The normalized spacial score (nSPS) is 16.7. The zero-order valence-corrected chi connectivity index (χ0v) is 10.9. The quantitative estimate of drug-likeness (QED) is 0.864. The van der Waals surface area contributed by atoms with Gasteiger partial charge in [-0.15, -0.1) is 0 Å². The Hall–Kier alpha value is -1.26. The number of rotatable bonds is 5. The fourth-order valence-electron chi connectivity index (χ4n) is 2.11. The van der Waals surface area contributed by atoms with Crippen LogP contribution in [-0.4, -0.2) is 49.5 Å². The highest BCUT2D eigenvalue weighted by molar-refractivity contribution is 5.39. The molecule has 0 saturated carbocycles. The average Bonchev–Trinajstić information content (AvgIpc) is 2.39. The summed E-state index contributed by atoms with van der Waals surface area (Å²) in [5.41, 5.74) is 0.977. The zero-order chi connectivity index (χ0) is 12.8. The van der Waals surface area contributed by atoms with E-state index >= 15 is 0 Å². The minimum absolute atomic E-state index is 0.328. The number of nitrogens with zero attached hydrogens (tertiary/aromatic N) is 1. The second-order valence-electron chi connectivity index (χ2n) is 4.43. The van der Waals surface area contributed by atoms with Crippen LogP contribution >= 0.6 is 0 Å². The van der Waals surface area contributed by atoms with Gasteiger partial charge in [0.1, 0.15) is 11.5 Å². The van der Waals surface area contributed by atoms with E-state index in [9.17, 15) is 5.11 Å². The van der Waals surface area contributed by atoms with Crippen molar-refractivity contribution >= 4 is 0 Å². The molecule has 0 spiro atoms. The van der Waals surface area contributed by atoms with Crippen molar-refractivity contribution in [2.24, 2.45) is 0 Å². The Bertz CT molecular complexity index is 375. The smallest absolute Gasteiger partial charge is 0.122 e. The Balaban J connectivity index is 1.88. The van der Waals surface area contributed by atoms with Crippen molar-refractivity contribution in [3.63, 3.8) is 0 Å². The molecule has 0 bridgehead atoms. The fourth-order valence-corrected chi connectivity index (χ4v) is 2.11. The molecule has 1 heterocycles. The summed E-state index contributed by atoms with van der Waals surface area (Å²) >= 11 is 0. The summed E-state index contributed by atoms with van der Waals surface area (Å²) in [6.07, 6.45) is 0.859. The highest BCUT2D eigenvalue weighted by Crippen LogP contribution is 2.24. The van der Waals surface area contributed by atoms with E-state index in [1.165, 1.54) is 0 Å². The number of ether oxygens (including phenoxy) is 2. The monoisotopic (exact) mass is 251 g/mol. The van der Waals surface area contributed by atoms with E-state index in [0.29, 0.717) is 12.4 Å². The second kappa shape index (κ2) is 6.61. The fraction of sp³-hybridized carbons (Fsp3) is 0.571. The van der Waals surface area contributed by atoms with Gasteiger partial charge in [0.05, 0.1) is 19.8 Å². The van der Waals surface area contributed by atoms with Crippen molar-refractivity contribution in [2.45, 2.75) is 13.3 Å². The Morgan fingerprint density at radius 2 is 2.11 bits per heavy atom. The molecule has 100 valence electrons. The van der Waals surface area contributed by atoms with Gasteiger partial charge >= 0.3 is 0 Å². The van der Waals surface area contributed by atoms with Crippen molar-refractivity contribution in [1.82, 2.24) is 4.90 Å². The lowest BCUT2D eigenvalue weighted by atomic mass is 10.1. The van der Waals surface area contributed by atoms with Gasteiger partial charge < -0.3 is 14.6 Å². The van der Waals surface area contributed by atoms with E-state index < -0.39 is 0 Å². The number of hydrogen-bond donors (Lipinski definition) is 1. The predicted octanol–water partition coefficient (Wildman–Crippen LogP) is 1.67. The molecule has 0 unspecified atom stereocenters. The van der Waals surface area contributed by atoms with E-state index in [1.807, 2.05) is 19.1 Å². The van der Waals surface area contributed by atoms with E-state index in [0.717, 1.165) is 50.6 Å². The van der Waals surface area contributed by atoms with Crippen molar-refractivity contribution in [2.75, 3.05) is 39.5 Å². The van der Waals surface area contributed by atoms with Crippen molar-refractivity contribution < 1.29 is 14.6 Å². The Morgan fingerprint density at radius 1 is 1.33 bits per heavy atom. The van der Waals surface area contributed by atoms with E-state index in [1.54, 1.807) is 6.07 Å². The lowest BCUT2D eigenvalue weighted by molar-refractivity contribution is 0.0384. The maximum atomic E-state index is 9.92. The van der Waals surface area contributed by atoms with Crippen molar-refractivity contribution in [3.8, 4) is 11.5 Å². The van der Waals surface area contributed by atoms with Gasteiger partial charge in [-0.3, -0.25) is 4.90 Å². The van der Waals surface area contributed by atoms with Crippen molar-refractivity contribution in [3.05, 3.63) is 23.8 Å². The number of phenolic OH excluding ortho intramolecular Hbond substituents is 1. The van der Waals surface area contributed by atoms with Gasteiger partial charge in [-0.1, -0.05) is 6.07 Å². The predicted molar refractivity (Wildman–Crippen MR) is 70.2 cm³/mol. The molecular formula is C14H21NO3. The molecule has 1 aliphatic rings. The largest absolute Gasteiger partial charge is 0.508 e. The molecule has 1 aromatic rings. The van der Waals surface area contributed by atoms with Gasteiger partial charge in [0, 0.05) is 25.7 Å². The molecule has 1 aliphatic heterocycles. The molecule has 18 heavy (non-hydrogen) atoms. The lowest BCUT2D eigenvalue weighted by Crippen LogP contribution is -2.37. The van der Waals surface area contributed by atoms with Gasteiger partial charge in [0.25, 0.3) is 0 Å². The van der Waals surface area contributed by atoms with Crippen LogP contribution in [0, 0.1) is 0 Å². The molecule has 4 nitrogen and oxygen atoms in total. The molecule has 0 aromatic heterocycles. The standard InChI is InChI=1S/C14H21NO3/c1-2-18-13-4-3-12(14(16)11-13)5-6-15-7-9-17-10-8-15/h3-4,11,16H,2,5-10H2,1H3. The van der Waals surface area contributed by atoms with Gasteiger partial charge in [-0.25, -0.2) is 0 Å². The molecule has 2 rings (SSSR count). The molecule has 0 radical (unpaired) electrons. The topological polar surface area (TPSA) is 41.9 Å². The molecule has 0 aliphatic carbocycles. The lowest BCUT2D eigenvalue weighted by Gasteiger charge is -2.26. The van der Waals surface area contributed by atoms with Crippen LogP contribution in [0.15, 0.2) is 18.2 Å². The van der Waals surface area contributed by atoms with Gasteiger partial charge in [-0.05, 0) is 25.0 Å². The molecule has 0 amide bonds. The van der Waals surface area contributed by atoms with Gasteiger partial charge in [-0.2, -0.15) is 0 Å². The van der Waals surface area contributed by atoms with Crippen LogP contribution in [0.2, 0.25) is 0 Å². The SMILES string of the molecule is CCOc1ccc(CCN2CCOCC2)c(O)c1. The highest BCUT2D eigenvalue weighted by Gasteiger charge is 2.11. The third-order valence-electron chi connectivity index (χ3n) is 3.17. The molecular weight excluding hydrogens is 230 g/mol. The molecule has 1 aromatic carbocycles. The maximum absolute atomic E-state index is 9.92. The second-order valence-corrected chi connectivity index (χ2v) is 4.43. The van der Waals surface area contributed by atoms with Crippen LogP contribution < -0.4 is 4.74 Å². The van der Waals surface area contributed by atoms with E-state index in [2.05, 4.69) is 4.90 Å². The van der Waals surface area contributed by atoms with Crippen LogP contribution in [0.1, 0.15) is 12.5 Å². The average molecular weight is 251 g/mol. The summed E-state index contributed by atoms with van der Waals surface area (Å²) in [6, 6.07) is 5.55. The summed E-state index contributed by atoms with van der Waals surface area (Å²) in [4.78, 5) is 2.36. The maximum Gasteiger partial charge on any atom is 0.122 e. The molecule has 0 atom stereocenters. The highest BCUT2D eigenvalue weighted by atomic mass is 16.5. The first-order chi connectivity index (χ1) is 8.79. The first-order valence-electron chi connectivity index (χ1n) is 6.54. The summed E-state index contributed by atoms with van der Waals surface area (Å²) in [6.45, 7) is 7.11. The number of benzene rings is 1. The van der Waals surface area contributed by atoms with Gasteiger partial charge in [0.15, 0.2) is 0 Å². The zero-order valence-electron chi connectivity index (χ0n) is 10.9. The van der Waals surface area contributed by atoms with Crippen LogP contribution in [-0.2, 0) is 11.2 Å². The van der Waals surface area contributed by atoms with Crippen LogP contribution in [0.3, 0.4) is 0 Å². The first kappa shape index (κ1) is 13.2. The minimum Gasteiger partial charge on any atom is -0.508 e. The number of hydrogen-bond acceptors (Lipinski definition) is 4. The summed E-state index contributed by atoms with van der Waals surface area (Å²) < 4.78 is 10.7. The molecule has 1 fully saturated rings. The van der Waals surface area contributed by atoms with Crippen LogP contribution in [0.25, 0.3) is 0 Å². The van der Waals surface area contributed by atoms with Gasteiger partial charge in [0.2, 0.25) is 0 Å². The summed E-state index contributed by atoms with van der Waals surface area (Å²) in [5, 5.41) is 9.92. The van der Waals surface area contributed by atoms with E-state index in [4.69, 9.17) is 9.47 Å². The van der Waals surface area contributed by atoms with E-state index in [-0.39, 0.29) is 0 Å². The Labute approximate surface area is 108 Å². The number of phenols is 1. The third-order valence-corrected chi connectivity index (χ3v) is 3.17. The molecule has 1 saturated heterocycles. The number of aromatic hydroxyl groups is 1.